The van der Waals surface area contributed by atoms with Gasteiger partial charge in [-0.1, -0.05) is 59.8 Å². The van der Waals surface area contributed by atoms with E-state index < -0.39 is 0 Å². The van der Waals surface area contributed by atoms with Crippen LogP contribution in [-0.4, -0.2) is 26.8 Å². The number of halogens is 2. The van der Waals surface area contributed by atoms with E-state index in [4.69, 9.17) is 23.2 Å². The molecule has 1 fully saturated rings. The number of aryl methyl sites for hydroxylation is 1. The average molecular weight is 563 g/mol. The monoisotopic (exact) mass is 562 g/mol. The van der Waals surface area contributed by atoms with Crippen LogP contribution in [0.25, 0.3) is 11.3 Å². The Hall–Kier alpha value is -3.81. The summed E-state index contributed by atoms with van der Waals surface area (Å²) in [6, 6.07) is 18.8. The molecule has 1 aliphatic carbocycles. The van der Waals surface area contributed by atoms with Crippen LogP contribution in [0.1, 0.15) is 58.8 Å². The lowest BCUT2D eigenvalue weighted by molar-refractivity contribution is 0.102. The van der Waals surface area contributed by atoms with Gasteiger partial charge in [-0.25, -0.2) is 4.79 Å². The first-order valence-corrected chi connectivity index (χ1v) is 13.6. The van der Waals surface area contributed by atoms with Gasteiger partial charge in [0.1, 0.15) is 5.75 Å². The third kappa shape index (κ3) is 6.10. The smallest absolute Gasteiger partial charge is 0.342 e. The highest BCUT2D eigenvalue weighted by atomic mass is 35.5. The molecule has 1 saturated carbocycles. The van der Waals surface area contributed by atoms with Crippen LogP contribution >= 0.6 is 23.2 Å². The molecule has 0 aliphatic heterocycles. The molecular formula is C30H28Cl2N4O3. The Kier molecular flexibility index (Phi) is 7.91. The van der Waals surface area contributed by atoms with Crippen molar-refractivity contribution in [3.8, 4) is 17.0 Å². The zero-order valence-corrected chi connectivity index (χ0v) is 22.9. The van der Waals surface area contributed by atoms with E-state index >= 15 is 0 Å². The number of hydrogen-bond acceptors (Lipinski definition) is 4. The molecule has 0 saturated heterocycles. The summed E-state index contributed by atoms with van der Waals surface area (Å²) >= 11 is 12.1. The van der Waals surface area contributed by atoms with Crippen molar-refractivity contribution >= 4 is 40.8 Å². The van der Waals surface area contributed by atoms with E-state index in [1.165, 1.54) is 10.7 Å². The minimum atomic E-state index is -0.377. The number of aromatic nitrogens is 2. The predicted molar refractivity (Wildman–Crippen MR) is 154 cm³/mol. The Balaban J connectivity index is 1.41. The maximum absolute atomic E-state index is 13.3. The second-order valence-corrected chi connectivity index (χ2v) is 10.6. The number of nitrogens with one attached hydrogen (secondary N) is 2. The number of carbonyl (C=O) groups is 2. The van der Waals surface area contributed by atoms with Gasteiger partial charge in [0.2, 0.25) is 0 Å². The van der Waals surface area contributed by atoms with Gasteiger partial charge < -0.3 is 15.7 Å². The molecule has 0 radical (unpaired) electrons. The van der Waals surface area contributed by atoms with Crippen LogP contribution in [0.15, 0.2) is 66.7 Å². The third-order valence-electron chi connectivity index (χ3n) is 6.97. The summed E-state index contributed by atoms with van der Waals surface area (Å²) < 4.78 is 1.39. The summed E-state index contributed by atoms with van der Waals surface area (Å²) in [5, 5.41) is 21.9. The first kappa shape index (κ1) is 26.8. The van der Waals surface area contributed by atoms with E-state index in [9.17, 15) is 14.7 Å². The molecule has 0 bridgehead atoms. The van der Waals surface area contributed by atoms with Gasteiger partial charge >= 0.3 is 6.03 Å². The molecule has 1 aliphatic rings. The molecule has 3 N–H and O–H groups in total. The molecule has 39 heavy (non-hydrogen) atoms. The topological polar surface area (TPSA) is 96.2 Å². The van der Waals surface area contributed by atoms with Crippen molar-refractivity contribution in [1.29, 1.82) is 0 Å². The van der Waals surface area contributed by atoms with E-state index in [0.717, 1.165) is 42.5 Å². The fraction of sp³-hybridized carbons (Fsp3) is 0.233. The molecule has 2 amide bonds. The second-order valence-electron chi connectivity index (χ2n) is 9.81. The lowest BCUT2D eigenvalue weighted by atomic mass is 10.0. The minimum absolute atomic E-state index is 0.00201. The van der Waals surface area contributed by atoms with Gasteiger partial charge in [-0.2, -0.15) is 9.78 Å². The van der Waals surface area contributed by atoms with E-state index in [1.807, 2.05) is 25.1 Å². The van der Waals surface area contributed by atoms with Crippen LogP contribution in [0.4, 0.5) is 10.5 Å². The van der Waals surface area contributed by atoms with E-state index in [2.05, 4.69) is 15.7 Å². The zero-order valence-electron chi connectivity index (χ0n) is 21.4. The average Bonchev–Trinajstić information content (AvgIpc) is 3.61. The fourth-order valence-electron chi connectivity index (χ4n) is 4.83. The minimum Gasteiger partial charge on any atom is -0.507 e. The van der Waals surface area contributed by atoms with Crippen molar-refractivity contribution in [1.82, 2.24) is 15.1 Å². The highest BCUT2D eigenvalue weighted by Crippen LogP contribution is 2.38. The number of hydrogen-bond donors (Lipinski definition) is 3. The van der Waals surface area contributed by atoms with Crippen LogP contribution in [0.5, 0.6) is 5.75 Å². The van der Waals surface area contributed by atoms with E-state index in [1.54, 1.807) is 42.5 Å². The summed E-state index contributed by atoms with van der Waals surface area (Å²) in [5.74, 6) is -0.0683. The number of phenolic OH excluding ortho intramolecular Hbond substituents is 1. The van der Waals surface area contributed by atoms with Gasteiger partial charge in [0, 0.05) is 29.3 Å². The number of benzene rings is 3. The SMILES string of the molecule is Cc1ccc(C(=O)Nc2ccc(O)c(-c3cc(C4CCCC4)n(C(=O)NCc4ccc(Cl)c(Cl)c4)n3)c2)cc1. The van der Waals surface area contributed by atoms with Crippen molar-refractivity contribution in [2.24, 2.45) is 0 Å². The van der Waals surface area contributed by atoms with Crippen LogP contribution in [0.2, 0.25) is 10.0 Å². The van der Waals surface area contributed by atoms with Gasteiger partial charge in [0.15, 0.2) is 0 Å². The van der Waals surface area contributed by atoms with Crippen LogP contribution < -0.4 is 10.6 Å². The van der Waals surface area contributed by atoms with Gasteiger partial charge in [0.25, 0.3) is 5.91 Å². The van der Waals surface area contributed by atoms with E-state index in [-0.39, 0.29) is 30.2 Å². The Morgan fingerprint density at radius 3 is 2.44 bits per heavy atom. The highest BCUT2D eigenvalue weighted by molar-refractivity contribution is 6.42. The van der Waals surface area contributed by atoms with Gasteiger partial charge in [-0.3, -0.25) is 4.79 Å². The number of aromatic hydroxyl groups is 1. The maximum Gasteiger partial charge on any atom is 0.342 e. The zero-order chi connectivity index (χ0) is 27.5. The molecule has 3 aromatic carbocycles. The third-order valence-corrected chi connectivity index (χ3v) is 7.71. The molecule has 0 spiro atoms. The molecule has 4 aromatic rings. The van der Waals surface area contributed by atoms with Crippen molar-refractivity contribution in [2.45, 2.75) is 45.1 Å². The lowest BCUT2D eigenvalue weighted by Gasteiger charge is -2.12. The van der Waals surface area contributed by atoms with Crippen LogP contribution in [-0.2, 0) is 6.54 Å². The van der Waals surface area contributed by atoms with Crippen molar-refractivity contribution in [3.63, 3.8) is 0 Å². The summed E-state index contributed by atoms with van der Waals surface area (Å²) in [5.41, 5.74) is 4.58. The van der Waals surface area contributed by atoms with E-state index in [0.29, 0.717) is 32.6 Å². The first-order valence-electron chi connectivity index (χ1n) is 12.8. The summed E-state index contributed by atoms with van der Waals surface area (Å²) in [4.78, 5) is 26.0. The number of anilines is 1. The molecule has 5 rings (SSSR count). The number of amides is 2. The molecule has 0 atom stereocenters. The molecule has 200 valence electrons. The second kappa shape index (κ2) is 11.5. The normalized spacial score (nSPS) is 13.4. The number of rotatable bonds is 6. The number of carbonyl (C=O) groups excluding carboxylic acids is 2. The largest absolute Gasteiger partial charge is 0.507 e. The van der Waals surface area contributed by atoms with Crippen molar-refractivity contribution < 1.29 is 14.7 Å². The lowest BCUT2D eigenvalue weighted by Crippen LogP contribution is -2.30. The quantitative estimate of drug-likeness (QED) is 0.211. The van der Waals surface area contributed by atoms with Crippen molar-refractivity contribution in [2.75, 3.05) is 5.32 Å². The van der Waals surface area contributed by atoms with Crippen LogP contribution in [0, 0.1) is 6.92 Å². The predicted octanol–water partition coefficient (Wildman–Crippen LogP) is 7.54. The highest BCUT2D eigenvalue weighted by Gasteiger charge is 2.26. The first-order chi connectivity index (χ1) is 18.8. The molecular weight excluding hydrogens is 535 g/mol. The Bertz CT molecular complexity index is 1530. The number of nitrogens with zero attached hydrogens (tertiary/aromatic N) is 2. The summed E-state index contributed by atoms with van der Waals surface area (Å²) in [7, 11) is 0. The summed E-state index contributed by atoms with van der Waals surface area (Å²) in [6.45, 7) is 2.21. The molecule has 1 heterocycles. The Morgan fingerprint density at radius 1 is 0.974 bits per heavy atom. The van der Waals surface area contributed by atoms with Gasteiger partial charge in [-0.15, -0.1) is 0 Å². The number of phenols is 1. The molecule has 9 heteroatoms. The van der Waals surface area contributed by atoms with Crippen LogP contribution in [0.3, 0.4) is 0 Å². The van der Waals surface area contributed by atoms with Gasteiger partial charge in [-0.05, 0) is 73.9 Å². The standard InChI is InChI=1S/C30H28Cl2N4O3/c1-18-6-9-21(10-7-18)29(38)34-22-11-13-28(37)23(15-22)26-16-27(20-4-2-3-5-20)36(35-26)30(39)33-17-19-8-12-24(31)25(32)14-19/h6-16,20,37H,2-5,17H2,1H3,(H,33,39)(H,34,38). The Labute approximate surface area is 236 Å². The summed E-state index contributed by atoms with van der Waals surface area (Å²) in [6.07, 6.45) is 4.09. The Morgan fingerprint density at radius 2 is 1.72 bits per heavy atom. The molecule has 1 aromatic heterocycles. The fourth-order valence-corrected chi connectivity index (χ4v) is 5.15. The van der Waals surface area contributed by atoms with Gasteiger partial charge in [0.05, 0.1) is 21.4 Å². The van der Waals surface area contributed by atoms with Crippen molar-refractivity contribution in [3.05, 3.63) is 99.2 Å². The maximum atomic E-state index is 13.3. The molecule has 7 nitrogen and oxygen atoms in total. The molecule has 0 unspecified atom stereocenters.